The molecule has 2 amide bonds. The van der Waals surface area contributed by atoms with Gasteiger partial charge in [0.05, 0.1) is 11.4 Å². The van der Waals surface area contributed by atoms with E-state index >= 15 is 0 Å². The van der Waals surface area contributed by atoms with E-state index in [0.717, 1.165) is 29.9 Å². The van der Waals surface area contributed by atoms with E-state index in [-0.39, 0.29) is 11.8 Å². The zero-order valence-electron chi connectivity index (χ0n) is 15.9. The molecule has 2 aromatic carbocycles. The molecule has 0 radical (unpaired) electrons. The molecule has 2 N–H and O–H groups in total. The van der Waals surface area contributed by atoms with E-state index in [1.165, 1.54) is 0 Å². The molecule has 6 nitrogen and oxygen atoms in total. The van der Waals surface area contributed by atoms with Crippen LogP contribution in [0.25, 0.3) is 5.69 Å². The zero-order chi connectivity index (χ0) is 19.7. The summed E-state index contributed by atoms with van der Waals surface area (Å²) in [5, 5.41) is 10.3. The van der Waals surface area contributed by atoms with Gasteiger partial charge in [-0.2, -0.15) is 5.10 Å². The largest absolute Gasteiger partial charge is 0.349 e. The molecule has 0 aliphatic heterocycles. The molecular formula is C22H22N4O2. The van der Waals surface area contributed by atoms with Crippen molar-refractivity contribution in [2.75, 3.05) is 5.32 Å². The lowest BCUT2D eigenvalue weighted by Crippen LogP contribution is -2.25. The molecule has 0 bridgehead atoms. The lowest BCUT2D eigenvalue weighted by atomic mass is 10.1. The van der Waals surface area contributed by atoms with E-state index in [4.69, 9.17) is 0 Å². The average Bonchev–Trinajstić information content (AvgIpc) is 3.43. The molecule has 0 saturated heterocycles. The van der Waals surface area contributed by atoms with Gasteiger partial charge < -0.3 is 10.6 Å². The molecule has 1 heterocycles. The van der Waals surface area contributed by atoms with Gasteiger partial charge in [0.15, 0.2) is 0 Å². The second-order valence-electron chi connectivity index (χ2n) is 7.17. The molecule has 1 fully saturated rings. The Morgan fingerprint density at radius 3 is 2.36 bits per heavy atom. The Hall–Kier alpha value is -3.41. The summed E-state index contributed by atoms with van der Waals surface area (Å²) in [5.41, 5.74) is 4.57. The number of nitrogens with one attached hydrogen (secondary N) is 2. The summed E-state index contributed by atoms with van der Waals surface area (Å²) in [6, 6.07) is 16.6. The number of benzene rings is 2. The van der Waals surface area contributed by atoms with Gasteiger partial charge in [0.1, 0.15) is 0 Å². The highest BCUT2D eigenvalue weighted by Gasteiger charge is 2.23. The van der Waals surface area contributed by atoms with Crippen molar-refractivity contribution in [3.63, 3.8) is 0 Å². The van der Waals surface area contributed by atoms with Crippen molar-refractivity contribution in [2.45, 2.75) is 32.7 Å². The Labute approximate surface area is 163 Å². The van der Waals surface area contributed by atoms with Crippen LogP contribution >= 0.6 is 0 Å². The van der Waals surface area contributed by atoms with E-state index in [0.29, 0.717) is 22.9 Å². The SMILES string of the molecule is Cc1cc(C)n(-c2ccc(C(=O)Nc3cccc(C(=O)NC4CC4)c3)cc2)n1. The maximum atomic E-state index is 12.6. The van der Waals surface area contributed by atoms with E-state index in [2.05, 4.69) is 15.7 Å². The maximum Gasteiger partial charge on any atom is 0.255 e. The number of anilines is 1. The van der Waals surface area contributed by atoms with Crippen molar-refractivity contribution in [2.24, 2.45) is 0 Å². The molecule has 1 aromatic heterocycles. The number of amides is 2. The first-order chi connectivity index (χ1) is 13.5. The van der Waals surface area contributed by atoms with Gasteiger partial charge in [0, 0.05) is 28.6 Å². The molecule has 3 aromatic rings. The van der Waals surface area contributed by atoms with Crippen molar-refractivity contribution in [1.82, 2.24) is 15.1 Å². The highest BCUT2D eigenvalue weighted by molar-refractivity contribution is 6.05. The molecule has 4 rings (SSSR count). The normalized spacial score (nSPS) is 13.2. The second-order valence-corrected chi connectivity index (χ2v) is 7.17. The van der Waals surface area contributed by atoms with E-state index in [1.807, 2.05) is 36.7 Å². The predicted octanol–water partition coefficient (Wildman–Crippen LogP) is 3.63. The Bertz CT molecular complexity index is 1030. The van der Waals surface area contributed by atoms with Gasteiger partial charge in [-0.3, -0.25) is 9.59 Å². The van der Waals surface area contributed by atoms with Crippen molar-refractivity contribution in [1.29, 1.82) is 0 Å². The van der Waals surface area contributed by atoms with Crippen LogP contribution in [0, 0.1) is 13.8 Å². The minimum Gasteiger partial charge on any atom is -0.349 e. The highest BCUT2D eigenvalue weighted by atomic mass is 16.2. The van der Waals surface area contributed by atoms with Gasteiger partial charge in [-0.05, 0) is 75.2 Å². The fourth-order valence-electron chi connectivity index (χ4n) is 3.08. The molecule has 1 aliphatic carbocycles. The lowest BCUT2D eigenvalue weighted by Gasteiger charge is -2.09. The Balaban J connectivity index is 1.46. The molecule has 0 unspecified atom stereocenters. The summed E-state index contributed by atoms with van der Waals surface area (Å²) in [4.78, 5) is 24.7. The minimum absolute atomic E-state index is 0.104. The smallest absolute Gasteiger partial charge is 0.255 e. The van der Waals surface area contributed by atoms with Crippen LogP contribution in [-0.4, -0.2) is 27.6 Å². The van der Waals surface area contributed by atoms with Crippen LogP contribution in [0.4, 0.5) is 5.69 Å². The molecule has 28 heavy (non-hydrogen) atoms. The quantitative estimate of drug-likeness (QED) is 0.716. The first kappa shape index (κ1) is 18.0. The van der Waals surface area contributed by atoms with Crippen LogP contribution in [-0.2, 0) is 0 Å². The third kappa shape index (κ3) is 3.96. The van der Waals surface area contributed by atoms with Crippen molar-refractivity contribution in [3.05, 3.63) is 77.1 Å². The van der Waals surface area contributed by atoms with E-state index in [9.17, 15) is 9.59 Å². The van der Waals surface area contributed by atoms with E-state index in [1.54, 1.807) is 36.4 Å². The average molecular weight is 374 g/mol. The summed E-state index contributed by atoms with van der Waals surface area (Å²) in [5.74, 6) is -0.326. The summed E-state index contributed by atoms with van der Waals surface area (Å²) in [6.45, 7) is 3.94. The fourth-order valence-corrected chi connectivity index (χ4v) is 3.08. The van der Waals surface area contributed by atoms with Gasteiger partial charge in [-0.15, -0.1) is 0 Å². The zero-order valence-corrected chi connectivity index (χ0v) is 15.9. The summed E-state index contributed by atoms with van der Waals surface area (Å²) >= 11 is 0. The number of nitrogens with zero attached hydrogens (tertiary/aromatic N) is 2. The van der Waals surface area contributed by atoms with Crippen LogP contribution in [0.5, 0.6) is 0 Å². The van der Waals surface area contributed by atoms with Crippen LogP contribution in [0.15, 0.2) is 54.6 Å². The van der Waals surface area contributed by atoms with Gasteiger partial charge in [0.25, 0.3) is 11.8 Å². The number of carbonyl (C=O) groups excluding carboxylic acids is 2. The summed E-state index contributed by atoms with van der Waals surface area (Å²) in [7, 11) is 0. The number of aromatic nitrogens is 2. The Kier molecular flexibility index (Phi) is 4.69. The van der Waals surface area contributed by atoms with Crippen LogP contribution in [0.3, 0.4) is 0 Å². The molecule has 0 atom stereocenters. The molecule has 0 spiro atoms. The number of rotatable bonds is 5. The minimum atomic E-state index is -0.223. The Morgan fingerprint density at radius 2 is 1.71 bits per heavy atom. The number of aryl methyl sites for hydroxylation is 2. The molecular weight excluding hydrogens is 352 g/mol. The molecule has 1 saturated carbocycles. The fraction of sp³-hybridized carbons (Fsp3) is 0.227. The second kappa shape index (κ2) is 7.31. The summed E-state index contributed by atoms with van der Waals surface area (Å²) < 4.78 is 1.85. The summed E-state index contributed by atoms with van der Waals surface area (Å²) in [6.07, 6.45) is 2.07. The third-order valence-electron chi connectivity index (χ3n) is 4.68. The Morgan fingerprint density at radius 1 is 0.964 bits per heavy atom. The van der Waals surface area contributed by atoms with Crippen molar-refractivity contribution >= 4 is 17.5 Å². The van der Waals surface area contributed by atoms with Crippen LogP contribution in [0.1, 0.15) is 44.9 Å². The monoisotopic (exact) mass is 374 g/mol. The first-order valence-corrected chi connectivity index (χ1v) is 9.35. The van der Waals surface area contributed by atoms with Crippen molar-refractivity contribution < 1.29 is 9.59 Å². The molecule has 1 aliphatic rings. The van der Waals surface area contributed by atoms with Gasteiger partial charge in [-0.1, -0.05) is 6.07 Å². The number of hydrogen-bond donors (Lipinski definition) is 2. The van der Waals surface area contributed by atoms with Crippen molar-refractivity contribution in [3.8, 4) is 5.69 Å². The third-order valence-corrected chi connectivity index (χ3v) is 4.68. The standard InChI is InChI=1S/C22H22N4O2/c1-14-12-15(2)26(25-14)20-10-6-16(7-11-20)21(27)24-19-5-3-4-17(13-19)22(28)23-18-8-9-18/h3-7,10-13,18H,8-9H2,1-2H3,(H,23,28)(H,24,27). The van der Waals surface area contributed by atoms with E-state index < -0.39 is 0 Å². The first-order valence-electron chi connectivity index (χ1n) is 9.35. The van der Waals surface area contributed by atoms with Gasteiger partial charge in [-0.25, -0.2) is 4.68 Å². The topological polar surface area (TPSA) is 76.0 Å². The lowest BCUT2D eigenvalue weighted by molar-refractivity contribution is 0.0949. The molecule has 6 heteroatoms. The highest BCUT2D eigenvalue weighted by Crippen LogP contribution is 2.20. The number of carbonyl (C=O) groups is 2. The number of hydrogen-bond acceptors (Lipinski definition) is 3. The van der Waals surface area contributed by atoms with Gasteiger partial charge >= 0.3 is 0 Å². The van der Waals surface area contributed by atoms with Crippen LogP contribution < -0.4 is 10.6 Å². The molecule has 142 valence electrons. The van der Waals surface area contributed by atoms with Crippen LogP contribution in [0.2, 0.25) is 0 Å². The maximum absolute atomic E-state index is 12.6. The predicted molar refractivity (Wildman–Crippen MR) is 108 cm³/mol. The van der Waals surface area contributed by atoms with Gasteiger partial charge in [0.2, 0.25) is 0 Å².